The molecule has 0 unspecified atom stereocenters. The zero-order valence-corrected chi connectivity index (χ0v) is 41.2. The number of likely N-dealkylation sites (tertiary alicyclic amines) is 2. The summed E-state index contributed by atoms with van der Waals surface area (Å²) in [6.07, 6.45) is 1.55. The third-order valence-electron chi connectivity index (χ3n) is 11.6. The number of aliphatic hydroxyl groups excluding tert-OH is 2. The Balaban J connectivity index is 0.827. The molecule has 4 aromatic carbocycles. The number of nitrogens with one attached hydrogen (secondary N) is 4. The Labute approximate surface area is 421 Å². The molecule has 0 radical (unpaired) electrons. The predicted molar refractivity (Wildman–Crippen MR) is 274 cm³/mol. The number of ether oxygens (including phenoxy) is 4. The van der Waals surface area contributed by atoms with Crippen LogP contribution in [0.3, 0.4) is 0 Å². The minimum Gasteiger partial charge on any atom is -0.448 e. The third-order valence-corrected chi connectivity index (χ3v) is 13.4. The molecular formula is C51H62N6O12S2. The lowest BCUT2D eigenvalue weighted by molar-refractivity contribution is -0.128. The summed E-state index contributed by atoms with van der Waals surface area (Å²) in [5.74, 6) is 3.32. The van der Waals surface area contributed by atoms with Crippen molar-refractivity contribution in [2.45, 2.75) is 38.5 Å². The Morgan fingerprint density at radius 2 is 0.789 bits per heavy atom. The second-order valence-corrected chi connectivity index (χ2v) is 19.5. The average Bonchev–Trinajstić information content (AvgIpc) is 3.99. The summed E-state index contributed by atoms with van der Waals surface area (Å²) in [6.45, 7) is 1.46. The molecule has 18 nitrogen and oxygen atoms in total. The lowest BCUT2D eigenvalue weighted by Gasteiger charge is -2.28. The summed E-state index contributed by atoms with van der Waals surface area (Å²) >= 11 is 3.28. The summed E-state index contributed by atoms with van der Waals surface area (Å²) in [4.78, 5) is 77.0. The molecule has 6 rings (SSSR count). The fourth-order valence-electron chi connectivity index (χ4n) is 7.44. The van der Waals surface area contributed by atoms with Crippen molar-refractivity contribution in [3.8, 4) is 0 Å². The van der Waals surface area contributed by atoms with E-state index in [4.69, 9.17) is 18.9 Å². The Morgan fingerprint density at radius 3 is 1.07 bits per heavy atom. The van der Waals surface area contributed by atoms with Gasteiger partial charge in [0, 0.05) is 84.8 Å². The van der Waals surface area contributed by atoms with Crippen molar-refractivity contribution in [1.82, 2.24) is 9.80 Å². The third kappa shape index (κ3) is 18.7. The zero-order chi connectivity index (χ0) is 50.3. The van der Waals surface area contributed by atoms with Gasteiger partial charge in [0.2, 0.25) is 11.8 Å². The number of anilines is 4. The number of rotatable bonds is 26. The molecule has 2 fully saturated rings. The Bertz CT molecular complexity index is 2190. The highest BCUT2D eigenvalue weighted by Crippen LogP contribution is 2.22. The number of nitrogens with zero attached hydrogens (tertiary/aromatic N) is 2. The van der Waals surface area contributed by atoms with Crippen LogP contribution in [0.15, 0.2) is 97.1 Å². The molecule has 4 aromatic rings. The number of carbonyl (C=O) groups is 6. The molecule has 20 heteroatoms. The first kappa shape index (κ1) is 53.9. The van der Waals surface area contributed by atoms with Gasteiger partial charge in [-0.05, 0) is 96.5 Å². The van der Waals surface area contributed by atoms with Crippen LogP contribution < -0.4 is 21.3 Å². The van der Waals surface area contributed by atoms with E-state index >= 15 is 0 Å². The van der Waals surface area contributed by atoms with Crippen LogP contribution in [0.4, 0.5) is 41.9 Å². The van der Waals surface area contributed by atoms with Gasteiger partial charge in [0.1, 0.15) is 26.4 Å². The quantitative estimate of drug-likeness (QED) is 0.0265. The van der Waals surface area contributed by atoms with Gasteiger partial charge in [-0.1, -0.05) is 48.5 Å². The molecule has 0 spiro atoms. The number of thioether (sulfide) groups is 2. The van der Waals surface area contributed by atoms with Crippen molar-refractivity contribution in [2.24, 2.45) is 5.41 Å². The second kappa shape index (κ2) is 28.4. The molecule has 380 valence electrons. The summed E-state index contributed by atoms with van der Waals surface area (Å²) < 4.78 is 21.2. The van der Waals surface area contributed by atoms with Crippen LogP contribution in [0.5, 0.6) is 0 Å². The molecule has 2 saturated heterocycles. The highest BCUT2D eigenvalue weighted by Gasteiger charge is 2.33. The highest BCUT2D eigenvalue weighted by molar-refractivity contribution is 7.99. The fourth-order valence-corrected chi connectivity index (χ4v) is 8.95. The highest BCUT2D eigenvalue weighted by atomic mass is 32.2. The smallest absolute Gasteiger partial charge is 0.411 e. The lowest BCUT2D eigenvalue weighted by Crippen LogP contribution is -2.42. The zero-order valence-electron chi connectivity index (χ0n) is 39.6. The number of amides is 6. The molecule has 6 amide bonds. The first-order valence-electron chi connectivity index (χ1n) is 23.5. The van der Waals surface area contributed by atoms with E-state index in [-0.39, 0.29) is 25.0 Å². The van der Waals surface area contributed by atoms with Crippen molar-refractivity contribution in [1.29, 1.82) is 0 Å². The largest absolute Gasteiger partial charge is 0.448 e. The summed E-state index contributed by atoms with van der Waals surface area (Å²) in [5.41, 5.74) is 4.55. The van der Waals surface area contributed by atoms with Crippen LogP contribution in [-0.4, -0.2) is 145 Å². The van der Waals surface area contributed by atoms with Gasteiger partial charge in [-0.2, -0.15) is 23.5 Å². The maximum Gasteiger partial charge on any atom is 0.411 e. The molecule has 0 bridgehead atoms. The average molecular weight is 1020 g/mol. The van der Waals surface area contributed by atoms with Gasteiger partial charge in [-0.15, -0.1) is 0 Å². The number of hydrogen-bond donors (Lipinski definition) is 6. The van der Waals surface area contributed by atoms with E-state index in [9.17, 15) is 39.0 Å². The van der Waals surface area contributed by atoms with Crippen LogP contribution in [-0.2, 0) is 41.4 Å². The lowest BCUT2D eigenvalue weighted by atomic mass is 9.92. The molecule has 0 atom stereocenters. The number of aliphatic hydroxyl groups is 2. The van der Waals surface area contributed by atoms with Gasteiger partial charge in [-0.25, -0.2) is 19.2 Å². The normalized spacial score (nSPS) is 13.4. The SMILES string of the molecule is O=C(Nc1ccc(Cc2ccc(NC(=O)OCC(CO)(CO)COC(=O)Nc3ccc(Cc4ccc(NC(=O)OCCSCCN5CCCC5=O)cc4)cc3)cc2)cc1)OCCSCCN1CCCC1=O. The van der Waals surface area contributed by atoms with Gasteiger partial charge in [0.15, 0.2) is 0 Å². The topological polar surface area (TPSA) is 234 Å². The van der Waals surface area contributed by atoms with E-state index in [1.54, 1.807) is 72.1 Å². The van der Waals surface area contributed by atoms with Crippen LogP contribution >= 0.6 is 23.5 Å². The van der Waals surface area contributed by atoms with Crippen LogP contribution in [0.2, 0.25) is 0 Å². The van der Waals surface area contributed by atoms with E-state index in [2.05, 4.69) is 21.3 Å². The predicted octanol–water partition coefficient (Wildman–Crippen LogP) is 7.44. The number of carbonyl (C=O) groups excluding carboxylic acids is 6. The Kier molecular flexibility index (Phi) is 21.5. The van der Waals surface area contributed by atoms with Gasteiger partial charge in [0.25, 0.3) is 0 Å². The molecule has 2 aliphatic heterocycles. The van der Waals surface area contributed by atoms with E-state index in [1.807, 2.05) is 58.3 Å². The summed E-state index contributed by atoms with van der Waals surface area (Å²) in [7, 11) is 0. The molecule has 2 heterocycles. The van der Waals surface area contributed by atoms with Gasteiger partial charge >= 0.3 is 24.4 Å². The van der Waals surface area contributed by atoms with E-state index in [1.165, 1.54) is 0 Å². The van der Waals surface area contributed by atoms with Gasteiger partial charge < -0.3 is 39.0 Å². The second-order valence-electron chi connectivity index (χ2n) is 17.1. The molecule has 0 saturated carbocycles. The molecule has 0 aromatic heterocycles. The van der Waals surface area contributed by atoms with Crippen LogP contribution in [0, 0.1) is 5.41 Å². The first-order chi connectivity index (χ1) is 34.5. The van der Waals surface area contributed by atoms with Crippen LogP contribution in [0.25, 0.3) is 0 Å². The summed E-state index contributed by atoms with van der Waals surface area (Å²) in [5, 5.41) is 30.9. The standard InChI is InChI=1S/C51H62N6O12S2/c58-33-51(34-59,35-68-49(64)54-43-17-9-39(10-18-43)31-37-5-13-41(14-6-37)52-47(62)66-25-29-70-27-23-56-21-1-3-45(56)60)36-69-50(65)55-44-19-11-40(12-20-44)32-38-7-15-42(16-8-38)53-48(63)67-26-30-71-28-24-57-22-2-4-46(57)61/h5-20,58-59H,1-4,21-36H2,(H,52,62)(H,53,63)(H,54,64)(H,55,65). The monoisotopic (exact) mass is 1010 g/mol. The Hall–Kier alpha value is -6.48. The molecular weight excluding hydrogens is 953 g/mol. The maximum atomic E-state index is 12.7. The van der Waals surface area contributed by atoms with Crippen molar-refractivity contribution >= 4 is 82.5 Å². The van der Waals surface area contributed by atoms with Crippen molar-refractivity contribution in [2.75, 3.05) is 110 Å². The first-order valence-corrected chi connectivity index (χ1v) is 25.8. The Morgan fingerprint density at radius 1 is 0.479 bits per heavy atom. The van der Waals surface area contributed by atoms with Gasteiger partial charge in [0.05, 0.1) is 18.6 Å². The molecule has 0 aliphatic carbocycles. The molecule has 6 N–H and O–H groups in total. The van der Waals surface area contributed by atoms with Crippen LogP contribution in [0.1, 0.15) is 47.9 Å². The molecule has 2 aliphatic rings. The minimum atomic E-state index is -1.47. The minimum absolute atomic E-state index is 0.209. The number of benzene rings is 4. The van der Waals surface area contributed by atoms with Gasteiger partial charge in [-0.3, -0.25) is 30.9 Å². The van der Waals surface area contributed by atoms with Crippen molar-refractivity contribution in [3.63, 3.8) is 0 Å². The van der Waals surface area contributed by atoms with E-state index in [0.29, 0.717) is 59.9 Å². The van der Waals surface area contributed by atoms with E-state index < -0.39 is 56.2 Å². The van der Waals surface area contributed by atoms with Crippen molar-refractivity contribution < 1.29 is 57.9 Å². The van der Waals surface area contributed by atoms with Crippen molar-refractivity contribution in [3.05, 3.63) is 119 Å². The summed E-state index contributed by atoms with van der Waals surface area (Å²) in [6, 6.07) is 29.0. The number of hydrogen-bond acceptors (Lipinski definition) is 14. The van der Waals surface area contributed by atoms with E-state index in [0.717, 1.165) is 72.8 Å². The molecule has 71 heavy (non-hydrogen) atoms. The fraction of sp³-hybridized carbons (Fsp3) is 0.412. The maximum absolute atomic E-state index is 12.7.